The van der Waals surface area contributed by atoms with Gasteiger partial charge in [0.15, 0.2) is 0 Å². The van der Waals surface area contributed by atoms with Gasteiger partial charge in [0.25, 0.3) is 0 Å². The van der Waals surface area contributed by atoms with Gasteiger partial charge in [-0.15, -0.1) is 0 Å². The Bertz CT molecular complexity index is 1300. The standard InChI is InChI=1S/C23H24N4O4/c1-27-16-6-4-3-5-14(16)21-17(27)13-18(31-2)15-9-10-25-23(22(15)21)26-12-11-24-19(28)7-8-20(29)30/h3-6,9-10,13H,7-8,11-12H2,1-2H3,(H,24,28)(H,25,26)(H,29,30). The van der Waals surface area contributed by atoms with Crippen molar-refractivity contribution in [2.75, 3.05) is 25.5 Å². The third-order valence-electron chi connectivity index (χ3n) is 5.41. The lowest BCUT2D eigenvalue weighted by Gasteiger charge is -2.13. The monoisotopic (exact) mass is 420 g/mol. The molecule has 8 nitrogen and oxygen atoms in total. The SMILES string of the molecule is COc1cc2c(c3ccccc3n2C)c2c(NCCNC(=O)CCC(=O)O)nccc12. The summed E-state index contributed by atoms with van der Waals surface area (Å²) in [4.78, 5) is 26.9. The van der Waals surface area contributed by atoms with E-state index in [1.165, 1.54) is 0 Å². The number of aliphatic carboxylic acids is 1. The number of methoxy groups -OCH3 is 1. The molecule has 2 aromatic carbocycles. The Balaban J connectivity index is 1.70. The van der Waals surface area contributed by atoms with Gasteiger partial charge in [0.05, 0.1) is 19.0 Å². The van der Waals surface area contributed by atoms with E-state index in [9.17, 15) is 9.59 Å². The molecule has 0 saturated carbocycles. The van der Waals surface area contributed by atoms with Crippen LogP contribution in [0.1, 0.15) is 12.8 Å². The number of anilines is 1. The summed E-state index contributed by atoms with van der Waals surface area (Å²) >= 11 is 0. The van der Waals surface area contributed by atoms with Gasteiger partial charge in [-0.2, -0.15) is 0 Å². The summed E-state index contributed by atoms with van der Waals surface area (Å²) in [6, 6.07) is 12.2. The van der Waals surface area contributed by atoms with Gasteiger partial charge in [0, 0.05) is 65.9 Å². The number of benzene rings is 2. The Hall–Kier alpha value is -3.81. The van der Waals surface area contributed by atoms with Crippen LogP contribution in [0.15, 0.2) is 42.6 Å². The topological polar surface area (TPSA) is 105 Å². The van der Waals surface area contributed by atoms with Gasteiger partial charge >= 0.3 is 5.97 Å². The first-order chi connectivity index (χ1) is 15.0. The van der Waals surface area contributed by atoms with Crippen LogP contribution in [0.4, 0.5) is 5.82 Å². The number of carbonyl (C=O) groups is 2. The summed E-state index contributed by atoms with van der Waals surface area (Å²) in [6.45, 7) is 0.813. The number of para-hydroxylation sites is 1. The fraction of sp³-hybridized carbons (Fsp3) is 0.261. The maximum absolute atomic E-state index is 11.7. The maximum Gasteiger partial charge on any atom is 0.303 e. The number of ether oxygens (including phenoxy) is 1. The second-order valence-corrected chi connectivity index (χ2v) is 7.30. The zero-order chi connectivity index (χ0) is 22.0. The first kappa shape index (κ1) is 20.5. The van der Waals surface area contributed by atoms with Gasteiger partial charge in [-0.3, -0.25) is 9.59 Å². The van der Waals surface area contributed by atoms with E-state index in [2.05, 4.69) is 32.3 Å². The summed E-state index contributed by atoms with van der Waals surface area (Å²) in [6.07, 6.45) is 1.52. The Morgan fingerprint density at radius 1 is 1.06 bits per heavy atom. The van der Waals surface area contributed by atoms with Crippen LogP contribution >= 0.6 is 0 Å². The fourth-order valence-corrected chi connectivity index (χ4v) is 3.96. The van der Waals surface area contributed by atoms with Crippen molar-refractivity contribution in [2.45, 2.75) is 12.8 Å². The number of rotatable bonds is 8. The van der Waals surface area contributed by atoms with E-state index in [-0.39, 0.29) is 18.7 Å². The molecule has 0 bridgehead atoms. The number of hydrogen-bond donors (Lipinski definition) is 3. The predicted octanol–water partition coefficient (Wildman–Crippen LogP) is 3.28. The lowest BCUT2D eigenvalue weighted by molar-refractivity contribution is -0.138. The number of carboxylic acids is 1. The number of carbonyl (C=O) groups excluding carboxylic acids is 1. The highest BCUT2D eigenvalue weighted by Gasteiger charge is 2.17. The molecule has 2 heterocycles. The molecule has 0 saturated heterocycles. The molecule has 160 valence electrons. The van der Waals surface area contributed by atoms with E-state index >= 15 is 0 Å². The number of carboxylic acid groups (broad SMARTS) is 1. The van der Waals surface area contributed by atoms with E-state index in [1.54, 1.807) is 13.3 Å². The number of amides is 1. The van der Waals surface area contributed by atoms with Crippen LogP contribution in [-0.2, 0) is 16.6 Å². The Labute approximate surface area is 178 Å². The Kier molecular flexibility index (Phi) is 5.62. The van der Waals surface area contributed by atoms with Gasteiger partial charge < -0.3 is 25.0 Å². The first-order valence-corrected chi connectivity index (χ1v) is 10.1. The molecule has 8 heteroatoms. The summed E-state index contributed by atoms with van der Waals surface area (Å²) in [5, 5.41) is 18.9. The van der Waals surface area contributed by atoms with Gasteiger partial charge in [0.2, 0.25) is 5.91 Å². The molecule has 0 aliphatic rings. The Morgan fingerprint density at radius 2 is 1.87 bits per heavy atom. The van der Waals surface area contributed by atoms with E-state index in [0.717, 1.165) is 38.3 Å². The third-order valence-corrected chi connectivity index (χ3v) is 5.41. The highest BCUT2D eigenvalue weighted by molar-refractivity contribution is 6.24. The number of aryl methyl sites for hydroxylation is 1. The predicted molar refractivity (Wildman–Crippen MR) is 121 cm³/mol. The minimum absolute atomic E-state index is 0.0321. The molecule has 0 radical (unpaired) electrons. The Morgan fingerprint density at radius 3 is 2.65 bits per heavy atom. The van der Waals surface area contributed by atoms with Crippen molar-refractivity contribution in [3.05, 3.63) is 42.6 Å². The lowest BCUT2D eigenvalue weighted by Crippen LogP contribution is -2.29. The third kappa shape index (κ3) is 3.84. The number of nitrogens with zero attached hydrogens (tertiary/aromatic N) is 2. The molecule has 31 heavy (non-hydrogen) atoms. The van der Waals surface area contributed by atoms with Gasteiger partial charge in [-0.25, -0.2) is 4.98 Å². The van der Waals surface area contributed by atoms with Crippen LogP contribution in [0.5, 0.6) is 5.75 Å². The molecule has 0 aliphatic heterocycles. The lowest BCUT2D eigenvalue weighted by atomic mass is 10.0. The van der Waals surface area contributed by atoms with Crippen LogP contribution in [0.25, 0.3) is 32.6 Å². The van der Waals surface area contributed by atoms with E-state index in [4.69, 9.17) is 9.84 Å². The van der Waals surface area contributed by atoms with Crippen molar-refractivity contribution >= 4 is 50.3 Å². The maximum atomic E-state index is 11.7. The van der Waals surface area contributed by atoms with Crippen LogP contribution in [0.2, 0.25) is 0 Å². The fourth-order valence-electron chi connectivity index (χ4n) is 3.96. The largest absolute Gasteiger partial charge is 0.496 e. The molecule has 4 aromatic rings. The van der Waals surface area contributed by atoms with Gasteiger partial charge in [-0.1, -0.05) is 18.2 Å². The van der Waals surface area contributed by atoms with Gasteiger partial charge in [0.1, 0.15) is 11.6 Å². The first-order valence-electron chi connectivity index (χ1n) is 10.1. The summed E-state index contributed by atoms with van der Waals surface area (Å²) < 4.78 is 7.82. The number of nitrogens with one attached hydrogen (secondary N) is 2. The van der Waals surface area contributed by atoms with Crippen molar-refractivity contribution in [1.29, 1.82) is 0 Å². The molecular formula is C23H24N4O4. The molecule has 0 spiro atoms. The number of aromatic nitrogens is 2. The van der Waals surface area contributed by atoms with Crippen LogP contribution in [0, 0.1) is 0 Å². The second-order valence-electron chi connectivity index (χ2n) is 7.30. The smallest absolute Gasteiger partial charge is 0.303 e. The van der Waals surface area contributed by atoms with Crippen molar-refractivity contribution in [2.24, 2.45) is 7.05 Å². The summed E-state index contributed by atoms with van der Waals surface area (Å²) in [7, 11) is 3.69. The molecule has 0 atom stereocenters. The molecular weight excluding hydrogens is 396 g/mol. The van der Waals surface area contributed by atoms with Crippen molar-refractivity contribution in [3.63, 3.8) is 0 Å². The molecule has 1 amide bonds. The average Bonchev–Trinajstić information content (AvgIpc) is 3.06. The van der Waals surface area contributed by atoms with E-state index in [0.29, 0.717) is 18.9 Å². The average molecular weight is 420 g/mol. The molecule has 0 fully saturated rings. The van der Waals surface area contributed by atoms with Crippen LogP contribution < -0.4 is 15.4 Å². The van der Waals surface area contributed by atoms with Crippen LogP contribution in [-0.4, -0.2) is 46.7 Å². The number of hydrogen-bond acceptors (Lipinski definition) is 5. The summed E-state index contributed by atoms with van der Waals surface area (Å²) in [5.74, 6) is 0.202. The van der Waals surface area contributed by atoms with Gasteiger partial charge in [-0.05, 0) is 12.1 Å². The highest BCUT2D eigenvalue weighted by atomic mass is 16.5. The quantitative estimate of drug-likeness (QED) is 0.378. The van der Waals surface area contributed by atoms with Crippen molar-refractivity contribution < 1.29 is 19.4 Å². The zero-order valence-corrected chi connectivity index (χ0v) is 17.4. The summed E-state index contributed by atoms with van der Waals surface area (Å²) in [5.41, 5.74) is 2.16. The molecule has 0 aliphatic carbocycles. The second kappa shape index (κ2) is 8.51. The molecule has 3 N–H and O–H groups in total. The normalized spacial score (nSPS) is 11.2. The zero-order valence-electron chi connectivity index (χ0n) is 17.4. The number of fused-ring (bicyclic) bond motifs is 5. The van der Waals surface area contributed by atoms with E-state index in [1.807, 2.05) is 31.3 Å². The van der Waals surface area contributed by atoms with Crippen molar-refractivity contribution in [1.82, 2.24) is 14.9 Å². The number of pyridine rings is 1. The molecule has 2 aromatic heterocycles. The van der Waals surface area contributed by atoms with Crippen LogP contribution in [0.3, 0.4) is 0 Å². The molecule has 0 unspecified atom stereocenters. The van der Waals surface area contributed by atoms with E-state index < -0.39 is 5.97 Å². The molecule has 4 rings (SSSR count). The minimum atomic E-state index is -0.985. The minimum Gasteiger partial charge on any atom is -0.496 e. The van der Waals surface area contributed by atoms with Crippen molar-refractivity contribution in [3.8, 4) is 5.75 Å². The highest BCUT2D eigenvalue weighted by Crippen LogP contribution is 2.41.